The van der Waals surface area contributed by atoms with Gasteiger partial charge >= 0.3 is 0 Å². The third-order valence-electron chi connectivity index (χ3n) is 5.12. The molecule has 1 aliphatic carbocycles. The standard InChI is InChI=1S/C21H31N5OS.HI/c1-3-22-21(25-18-10-7-11-19(15-18)28(27)4-2)23-16-17-9-5-6-12-20(17)26-14-8-13-24-26;/h5-6,8-9,12-14,18-19H,3-4,7,10-11,15-16H2,1-2H3,(H2,22,23,25);1H. The van der Waals surface area contributed by atoms with Gasteiger partial charge in [-0.2, -0.15) is 5.10 Å². The molecule has 0 radical (unpaired) electrons. The van der Waals surface area contributed by atoms with E-state index in [1.54, 1.807) is 6.20 Å². The lowest BCUT2D eigenvalue weighted by Crippen LogP contribution is -2.46. The molecule has 1 fully saturated rings. The summed E-state index contributed by atoms with van der Waals surface area (Å²) < 4.78 is 14.1. The number of para-hydroxylation sites is 1. The first-order chi connectivity index (χ1) is 13.7. The fourth-order valence-corrected chi connectivity index (χ4v) is 5.06. The number of guanidine groups is 1. The van der Waals surface area contributed by atoms with Crippen LogP contribution in [0.3, 0.4) is 0 Å². The van der Waals surface area contributed by atoms with Crippen molar-refractivity contribution in [1.29, 1.82) is 0 Å². The van der Waals surface area contributed by atoms with Crippen LogP contribution in [0, 0.1) is 0 Å². The van der Waals surface area contributed by atoms with E-state index in [9.17, 15) is 4.21 Å². The van der Waals surface area contributed by atoms with E-state index in [1.807, 2.05) is 36.0 Å². The summed E-state index contributed by atoms with van der Waals surface area (Å²) >= 11 is 0. The maximum Gasteiger partial charge on any atom is 0.191 e. The average Bonchev–Trinajstić information content (AvgIpc) is 3.27. The van der Waals surface area contributed by atoms with Gasteiger partial charge in [0.1, 0.15) is 0 Å². The van der Waals surface area contributed by atoms with E-state index in [-0.39, 0.29) is 24.0 Å². The zero-order valence-electron chi connectivity index (χ0n) is 17.2. The topological polar surface area (TPSA) is 71.3 Å². The Labute approximate surface area is 193 Å². The summed E-state index contributed by atoms with van der Waals surface area (Å²) in [4.78, 5) is 4.82. The zero-order valence-corrected chi connectivity index (χ0v) is 20.4. The fourth-order valence-electron chi connectivity index (χ4n) is 3.71. The average molecular weight is 529 g/mol. The molecule has 3 unspecified atom stereocenters. The predicted octanol–water partition coefficient (Wildman–Crippen LogP) is 3.63. The number of nitrogens with one attached hydrogen (secondary N) is 2. The van der Waals surface area contributed by atoms with Crippen LogP contribution in [0.25, 0.3) is 5.69 Å². The van der Waals surface area contributed by atoms with Gasteiger partial charge in [0.15, 0.2) is 5.96 Å². The molecule has 2 aromatic rings. The number of hydrogen-bond donors (Lipinski definition) is 2. The molecule has 3 atom stereocenters. The van der Waals surface area contributed by atoms with Crippen LogP contribution in [0.1, 0.15) is 45.1 Å². The SMILES string of the molecule is CCNC(=NCc1ccccc1-n1cccn1)NC1CCCC(S(=O)CC)C1.I. The summed E-state index contributed by atoms with van der Waals surface area (Å²) in [6.45, 7) is 5.46. The van der Waals surface area contributed by atoms with E-state index in [0.29, 0.717) is 17.8 Å². The molecule has 0 saturated heterocycles. The number of rotatable bonds is 7. The summed E-state index contributed by atoms with van der Waals surface area (Å²) in [5, 5.41) is 11.6. The van der Waals surface area contributed by atoms with Gasteiger partial charge in [0.2, 0.25) is 0 Å². The molecule has 0 spiro atoms. The van der Waals surface area contributed by atoms with E-state index >= 15 is 0 Å². The van der Waals surface area contributed by atoms with Crippen LogP contribution < -0.4 is 10.6 Å². The largest absolute Gasteiger partial charge is 0.357 e. The number of aromatic nitrogens is 2. The molecule has 1 aromatic carbocycles. The molecular weight excluding hydrogens is 497 g/mol. The highest BCUT2D eigenvalue weighted by molar-refractivity contribution is 14.0. The van der Waals surface area contributed by atoms with Gasteiger partial charge in [0.25, 0.3) is 0 Å². The highest BCUT2D eigenvalue weighted by Gasteiger charge is 2.26. The van der Waals surface area contributed by atoms with Crippen LogP contribution in [0.5, 0.6) is 0 Å². The zero-order chi connectivity index (χ0) is 19.8. The maximum atomic E-state index is 12.2. The molecule has 1 saturated carbocycles. The van der Waals surface area contributed by atoms with Crippen LogP contribution in [0.4, 0.5) is 0 Å². The summed E-state index contributed by atoms with van der Waals surface area (Å²) in [5.41, 5.74) is 2.17. The summed E-state index contributed by atoms with van der Waals surface area (Å²) in [7, 11) is -0.716. The molecule has 0 amide bonds. The lowest BCUT2D eigenvalue weighted by atomic mass is 9.95. The molecule has 1 aliphatic rings. The minimum absolute atomic E-state index is 0. The predicted molar refractivity (Wildman–Crippen MR) is 132 cm³/mol. The van der Waals surface area contributed by atoms with Crippen molar-refractivity contribution in [2.24, 2.45) is 4.99 Å². The Hall–Kier alpha value is -1.42. The van der Waals surface area contributed by atoms with Gasteiger partial charge in [0, 0.05) is 46.8 Å². The van der Waals surface area contributed by atoms with Crippen molar-refractivity contribution in [2.75, 3.05) is 12.3 Å². The second-order valence-electron chi connectivity index (χ2n) is 7.07. The third kappa shape index (κ3) is 6.80. The van der Waals surface area contributed by atoms with Gasteiger partial charge in [-0.25, -0.2) is 9.67 Å². The Morgan fingerprint density at radius 3 is 2.83 bits per heavy atom. The number of halogens is 1. The van der Waals surface area contributed by atoms with Crippen molar-refractivity contribution >= 4 is 40.7 Å². The monoisotopic (exact) mass is 529 g/mol. The summed E-state index contributed by atoms with van der Waals surface area (Å²) in [6.07, 6.45) is 7.98. The maximum absolute atomic E-state index is 12.2. The number of nitrogens with zero attached hydrogens (tertiary/aromatic N) is 3. The van der Waals surface area contributed by atoms with Crippen molar-refractivity contribution in [3.05, 3.63) is 48.3 Å². The minimum Gasteiger partial charge on any atom is -0.357 e. The molecule has 6 nitrogen and oxygen atoms in total. The second kappa shape index (κ2) is 12.3. The Bertz CT molecular complexity index is 796. The van der Waals surface area contributed by atoms with Crippen molar-refractivity contribution < 1.29 is 4.21 Å². The van der Waals surface area contributed by atoms with Crippen LogP contribution in [-0.4, -0.2) is 43.5 Å². The molecule has 2 N–H and O–H groups in total. The van der Waals surface area contributed by atoms with Crippen LogP contribution in [-0.2, 0) is 17.3 Å². The van der Waals surface area contributed by atoms with Crippen LogP contribution >= 0.6 is 24.0 Å². The van der Waals surface area contributed by atoms with Gasteiger partial charge in [-0.3, -0.25) is 4.21 Å². The van der Waals surface area contributed by atoms with Gasteiger partial charge in [-0.1, -0.05) is 31.5 Å². The first kappa shape index (κ1) is 23.9. The Kier molecular flexibility index (Phi) is 10.1. The smallest absolute Gasteiger partial charge is 0.191 e. The second-order valence-corrected chi connectivity index (χ2v) is 9.08. The molecule has 0 bridgehead atoms. The minimum atomic E-state index is -0.716. The van der Waals surface area contributed by atoms with Gasteiger partial charge in [0.05, 0.1) is 12.2 Å². The van der Waals surface area contributed by atoms with E-state index in [0.717, 1.165) is 55.2 Å². The molecule has 1 aromatic heterocycles. The van der Waals surface area contributed by atoms with Crippen LogP contribution in [0.2, 0.25) is 0 Å². The quantitative estimate of drug-likeness (QED) is 0.327. The Balaban J connectivity index is 0.00000300. The summed E-state index contributed by atoms with van der Waals surface area (Å²) in [5.74, 6) is 1.57. The number of aliphatic imine (C=N–C) groups is 1. The highest BCUT2D eigenvalue weighted by Crippen LogP contribution is 2.23. The van der Waals surface area contributed by atoms with Crippen molar-refractivity contribution in [3.8, 4) is 5.69 Å². The molecule has 3 rings (SSSR count). The molecule has 1 heterocycles. The van der Waals surface area contributed by atoms with Crippen molar-refractivity contribution in [2.45, 2.75) is 57.4 Å². The molecule has 8 heteroatoms. The molecule has 29 heavy (non-hydrogen) atoms. The van der Waals surface area contributed by atoms with E-state index in [4.69, 9.17) is 4.99 Å². The lowest BCUT2D eigenvalue weighted by molar-refractivity contribution is 0.413. The molecular formula is C21H32IN5OS. The number of hydrogen-bond acceptors (Lipinski definition) is 3. The van der Waals surface area contributed by atoms with Crippen LogP contribution in [0.15, 0.2) is 47.7 Å². The van der Waals surface area contributed by atoms with E-state index in [1.165, 1.54) is 0 Å². The van der Waals surface area contributed by atoms with E-state index in [2.05, 4.69) is 34.8 Å². The molecule has 160 valence electrons. The fraction of sp³-hybridized carbons (Fsp3) is 0.524. The first-order valence-electron chi connectivity index (χ1n) is 10.2. The number of benzene rings is 1. The van der Waals surface area contributed by atoms with Crippen molar-refractivity contribution in [1.82, 2.24) is 20.4 Å². The Morgan fingerprint density at radius 2 is 2.10 bits per heavy atom. The Morgan fingerprint density at radius 1 is 1.28 bits per heavy atom. The van der Waals surface area contributed by atoms with E-state index < -0.39 is 10.8 Å². The van der Waals surface area contributed by atoms with Crippen molar-refractivity contribution in [3.63, 3.8) is 0 Å². The lowest BCUT2D eigenvalue weighted by Gasteiger charge is -2.30. The first-order valence-corrected chi connectivity index (χ1v) is 11.6. The molecule has 0 aliphatic heterocycles. The van der Waals surface area contributed by atoms with Gasteiger partial charge in [-0.05, 0) is 43.9 Å². The van der Waals surface area contributed by atoms with Gasteiger partial charge in [-0.15, -0.1) is 24.0 Å². The highest BCUT2D eigenvalue weighted by atomic mass is 127. The van der Waals surface area contributed by atoms with Gasteiger partial charge < -0.3 is 10.6 Å². The normalized spacial score (nSPS) is 20.6. The third-order valence-corrected chi connectivity index (χ3v) is 6.86. The summed E-state index contributed by atoms with van der Waals surface area (Å²) in [6, 6.07) is 10.4.